The van der Waals surface area contributed by atoms with Crippen molar-refractivity contribution in [3.05, 3.63) is 28.9 Å². The number of carboxylic acids is 1. The summed E-state index contributed by atoms with van der Waals surface area (Å²) in [7, 11) is 0. The van der Waals surface area contributed by atoms with Crippen molar-refractivity contribution >= 4 is 5.97 Å². The Morgan fingerprint density at radius 3 is 2.89 bits per heavy atom. The first kappa shape index (κ1) is 13.2. The molecule has 2 heterocycles. The van der Waals surface area contributed by atoms with E-state index in [-0.39, 0.29) is 5.69 Å². The number of carbonyl (C=O) groups is 1. The molecule has 0 radical (unpaired) electrons. The van der Waals surface area contributed by atoms with Crippen LogP contribution in [0.25, 0.3) is 0 Å². The van der Waals surface area contributed by atoms with Crippen LogP contribution in [-0.4, -0.2) is 37.8 Å². The van der Waals surface area contributed by atoms with Crippen molar-refractivity contribution in [1.82, 2.24) is 25.5 Å². The van der Waals surface area contributed by atoms with Crippen molar-refractivity contribution in [1.29, 1.82) is 0 Å². The number of hydrogen-bond donors (Lipinski definition) is 2. The highest BCUT2D eigenvalue weighted by Gasteiger charge is 2.09. The van der Waals surface area contributed by atoms with E-state index in [2.05, 4.69) is 20.8 Å². The zero-order chi connectivity index (χ0) is 13.8. The average molecular weight is 265 g/mol. The van der Waals surface area contributed by atoms with Gasteiger partial charge in [0.25, 0.3) is 0 Å². The molecule has 0 atom stereocenters. The Morgan fingerprint density at radius 2 is 2.32 bits per heavy atom. The molecule has 102 valence electrons. The van der Waals surface area contributed by atoms with Crippen LogP contribution in [0.3, 0.4) is 0 Å². The summed E-state index contributed by atoms with van der Waals surface area (Å²) in [5, 5.41) is 23.1. The predicted molar refractivity (Wildman–Crippen MR) is 64.7 cm³/mol. The van der Waals surface area contributed by atoms with Gasteiger partial charge in [0, 0.05) is 18.7 Å². The van der Waals surface area contributed by atoms with Gasteiger partial charge in [0.15, 0.2) is 5.69 Å². The lowest BCUT2D eigenvalue weighted by molar-refractivity contribution is 0.0690. The van der Waals surface area contributed by atoms with Crippen molar-refractivity contribution in [2.45, 2.75) is 26.9 Å². The van der Waals surface area contributed by atoms with Crippen LogP contribution < -0.4 is 5.32 Å². The number of aryl methyl sites for hydroxylation is 2. The zero-order valence-electron chi connectivity index (χ0n) is 10.8. The SMILES string of the molecule is Cc1noc(C)c1CNCCn1cc(C(=O)O)nn1. The molecule has 8 heteroatoms. The molecule has 0 aliphatic rings. The molecule has 2 aromatic rings. The third-order valence-corrected chi connectivity index (χ3v) is 2.76. The largest absolute Gasteiger partial charge is 0.476 e. The first-order valence-corrected chi connectivity index (χ1v) is 5.84. The molecule has 0 unspecified atom stereocenters. The van der Waals surface area contributed by atoms with Gasteiger partial charge in [0.1, 0.15) is 5.76 Å². The van der Waals surface area contributed by atoms with Crippen molar-refractivity contribution in [2.75, 3.05) is 6.54 Å². The maximum atomic E-state index is 10.6. The van der Waals surface area contributed by atoms with Gasteiger partial charge in [-0.25, -0.2) is 4.79 Å². The van der Waals surface area contributed by atoms with Crippen molar-refractivity contribution in [3.63, 3.8) is 0 Å². The van der Waals surface area contributed by atoms with E-state index >= 15 is 0 Å². The summed E-state index contributed by atoms with van der Waals surface area (Å²) in [6.07, 6.45) is 1.40. The normalized spacial score (nSPS) is 10.8. The minimum absolute atomic E-state index is 0.0503. The Balaban J connectivity index is 1.79. The van der Waals surface area contributed by atoms with E-state index in [1.807, 2.05) is 13.8 Å². The summed E-state index contributed by atoms with van der Waals surface area (Å²) in [6.45, 7) is 5.61. The number of nitrogens with one attached hydrogen (secondary N) is 1. The summed E-state index contributed by atoms with van der Waals surface area (Å²) in [4.78, 5) is 10.6. The molecule has 2 rings (SSSR count). The number of nitrogens with zero attached hydrogens (tertiary/aromatic N) is 4. The van der Waals surface area contributed by atoms with Crippen molar-refractivity contribution in [2.24, 2.45) is 0 Å². The van der Waals surface area contributed by atoms with Crippen molar-refractivity contribution in [3.8, 4) is 0 Å². The summed E-state index contributed by atoms with van der Waals surface area (Å²) >= 11 is 0. The molecule has 0 bridgehead atoms. The van der Waals surface area contributed by atoms with Crippen LogP contribution >= 0.6 is 0 Å². The zero-order valence-corrected chi connectivity index (χ0v) is 10.8. The molecule has 2 N–H and O–H groups in total. The lowest BCUT2D eigenvalue weighted by Gasteiger charge is -2.03. The second-order valence-electron chi connectivity index (χ2n) is 4.15. The van der Waals surface area contributed by atoms with Crippen LogP contribution in [0.2, 0.25) is 0 Å². The molecule has 0 aliphatic carbocycles. The van der Waals surface area contributed by atoms with Crippen molar-refractivity contribution < 1.29 is 14.4 Å². The first-order chi connectivity index (χ1) is 9.08. The smallest absolute Gasteiger partial charge is 0.358 e. The van der Waals surface area contributed by atoms with E-state index in [0.717, 1.165) is 17.0 Å². The van der Waals surface area contributed by atoms with Gasteiger partial charge in [-0.1, -0.05) is 10.4 Å². The Morgan fingerprint density at radius 1 is 1.53 bits per heavy atom. The minimum atomic E-state index is -1.07. The van der Waals surface area contributed by atoms with Gasteiger partial charge in [-0.3, -0.25) is 4.68 Å². The van der Waals surface area contributed by atoms with E-state index < -0.39 is 5.97 Å². The highest BCUT2D eigenvalue weighted by molar-refractivity contribution is 5.84. The molecule has 0 saturated heterocycles. The summed E-state index contributed by atoms with van der Waals surface area (Å²) in [5.41, 5.74) is 1.87. The Bertz CT molecular complexity index is 555. The van der Waals surface area contributed by atoms with Gasteiger partial charge in [-0.05, 0) is 13.8 Å². The molecule has 19 heavy (non-hydrogen) atoms. The number of hydrogen-bond acceptors (Lipinski definition) is 6. The van der Waals surface area contributed by atoms with Gasteiger partial charge < -0.3 is 14.9 Å². The van der Waals surface area contributed by atoms with Crippen LogP contribution in [0.1, 0.15) is 27.5 Å². The van der Waals surface area contributed by atoms with Crippen LogP contribution in [0.5, 0.6) is 0 Å². The number of carboxylic acid groups (broad SMARTS) is 1. The monoisotopic (exact) mass is 265 g/mol. The summed E-state index contributed by atoms with van der Waals surface area (Å²) in [5.74, 6) is -0.270. The van der Waals surface area contributed by atoms with E-state index in [9.17, 15) is 4.79 Å². The maximum absolute atomic E-state index is 10.6. The molecule has 8 nitrogen and oxygen atoms in total. The molecule has 0 spiro atoms. The van der Waals surface area contributed by atoms with Crippen LogP contribution in [-0.2, 0) is 13.1 Å². The quantitative estimate of drug-likeness (QED) is 0.727. The average Bonchev–Trinajstić information content (AvgIpc) is 2.95. The third-order valence-electron chi connectivity index (χ3n) is 2.76. The molecule has 0 aliphatic heterocycles. The Labute approximate surface area is 109 Å². The second kappa shape index (κ2) is 5.61. The molecule has 0 fully saturated rings. The third kappa shape index (κ3) is 3.16. The van der Waals surface area contributed by atoms with Gasteiger partial charge >= 0.3 is 5.97 Å². The van der Waals surface area contributed by atoms with Gasteiger partial charge in [0.2, 0.25) is 0 Å². The Hall–Kier alpha value is -2.22. The lowest BCUT2D eigenvalue weighted by Crippen LogP contribution is -2.20. The number of aromatic carboxylic acids is 1. The fourth-order valence-corrected chi connectivity index (χ4v) is 1.67. The van der Waals surface area contributed by atoms with E-state index in [0.29, 0.717) is 19.6 Å². The van der Waals surface area contributed by atoms with Crippen LogP contribution in [0.15, 0.2) is 10.7 Å². The molecule has 0 amide bonds. The first-order valence-electron chi connectivity index (χ1n) is 5.84. The summed E-state index contributed by atoms with van der Waals surface area (Å²) < 4.78 is 6.55. The van der Waals surface area contributed by atoms with Gasteiger partial charge in [0.05, 0.1) is 18.4 Å². The number of rotatable bonds is 6. The topological polar surface area (TPSA) is 106 Å². The van der Waals surface area contributed by atoms with Crippen LogP contribution in [0.4, 0.5) is 0 Å². The highest BCUT2D eigenvalue weighted by atomic mass is 16.5. The molecule has 0 saturated carbocycles. The fourth-order valence-electron chi connectivity index (χ4n) is 1.67. The minimum Gasteiger partial charge on any atom is -0.476 e. The molecule has 2 aromatic heterocycles. The number of aromatic nitrogens is 4. The van der Waals surface area contributed by atoms with Crippen LogP contribution in [0, 0.1) is 13.8 Å². The predicted octanol–water partition coefficient (Wildman–Crippen LogP) is 0.371. The lowest BCUT2D eigenvalue weighted by atomic mass is 10.2. The summed E-state index contributed by atoms with van der Waals surface area (Å²) in [6, 6.07) is 0. The fraction of sp³-hybridized carbons (Fsp3) is 0.455. The Kier molecular flexibility index (Phi) is 3.91. The van der Waals surface area contributed by atoms with Gasteiger partial charge in [-0.2, -0.15) is 0 Å². The molecular formula is C11H15N5O3. The standard InChI is InChI=1S/C11H15N5O3/c1-7-9(8(2)19-14-7)5-12-3-4-16-6-10(11(17)18)13-15-16/h6,12H,3-5H2,1-2H3,(H,17,18). The highest BCUT2D eigenvalue weighted by Crippen LogP contribution is 2.11. The van der Waals surface area contributed by atoms with E-state index in [1.54, 1.807) is 0 Å². The van der Waals surface area contributed by atoms with E-state index in [4.69, 9.17) is 9.63 Å². The van der Waals surface area contributed by atoms with E-state index in [1.165, 1.54) is 10.9 Å². The van der Waals surface area contributed by atoms with Gasteiger partial charge in [-0.15, -0.1) is 5.10 Å². The molecule has 0 aromatic carbocycles. The maximum Gasteiger partial charge on any atom is 0.358 e. The second-order valence-corrected chi connectivity index (χ2v) is 4.15. The molecular weight excluding hydrogens is 250 g/mol.